The Morgan fingerprint density at radius 3 is 1.73 bits per heavy atom. The maximum Gasteiger partial charge on any atom is 0.172 e. The van der Waals surface area contributed by atoms with Crippen LogP contribution in [0.1, 0.15) is 5.56 Å². The summed E-state index contributed by atoms with van der Waals surface area (Å²) in [7, 11) is -2.91. The Balaban J connectivity index is 2.31. The molecule has 0 aliphatic rings. The molecule has 0 heterocycles. The first-order chi connectivity index (χ1) is 10.6. The van der Waals surface area contributed by atoms with Crippen molar-refractivity contribution in [2.45, 2.75) is 11.8 Å². The van der Waals surface area contributed by atoms with Gasteiger partial charge in [-0.15, -0.1) is 12.6 Å². The molecule has 0 saturated heterocycles. The highest BCUT2D eigenvalue weighted by Crippen LogP contribution is 2.43. The summed E-state index contributed by atoms with van der Waals surface area (Å²) in [6.07, 6.45) is 0. The quantitative estimate of drug-likeness (QED) is 0.571. The summed E-state index contributed by atoms with van der Waals surface area (Å²) in [6, 6.07) is 25.2. The van der Waals surface area contributed by atoms with Gasteiger partial charge in [0, 0.05) is 20.8 Å². The molecule has 0 N–H and O–H groups in total. The number of rotatable bonds is 3. The molecular formula is C19H17OPS. The van der Waals surface area contributed by atoms with E-state index in [2.05, 4.69) is 12.6 Å². The molecule has 110 valence electrons. The Bertz CT molecular complexity index is 785. The first-order valence-corrected chi connectivity index (χ1v) is 9.29. The van der Waals surface area contributed by atoms with Gasteiger partial charge in [-0.3, -0.25) is 0 Å². The molecule has 0 aromatic heterocycles. The second-order valence-corrected chi connectivity index (χ2v) is 8.49. The molecule has 0 aliphatic carbocycles. The fraction of sp³-hybridized carbons (Fsp3) is 0.0526. The van der Waals surface area contributed by atoms with Crippen molar-refractivity contribution in [2.24, 2.45) is 0 Å². The van der Waals surface area contributed by atoms with E-state index in [0.717, 1.165) is 26.4 Å². The molecule has 0 amide bonds. The third-order valence-corrected chi connectivity index (χ3v) is 7.38. The minimum absolute atomic E-state index is 0.774. The smallest absolute Gasteiger partial charge is 0.172 e. The molecule has 3 rings (SSSR count). The van der Waals surface area contributed by atoms with Gasteiger partial charge in [0.1, 0.15) is 0 Å². The molecule has 3 heteroatoms. The Morgan fingerprint density at radius 2 is 1.27 bits per heavy atom. The van der Waals surface area contributed by atoms with Gasteiger partial charge in [0.25, 0.3) is 0 Å². The number of hydrogen-bond donors (Lipinski definition) is 1. The minimum atomic E-state index is -2.91. The lowest BCUT2D eigenvalue weighted by atomic mass is 10.2. The van der Waals surface area contributed by atoms with Crippen LogP contribution in [0.2, 0.25) is 0 Å². The van der Waals surface area contributed by atoms with Gasteiger partial charge in [0.05, 0.1) is 0 Å². The summed E-state index contributed by atoms with van der Waals surface area (Å²) in [6.45, 7) is 2.01. The average Bonchev–Trinajstić information content (AvgIpc) is 2.56. The van der Waals surface area contributed by atoms with Crippen LogP contribution < -0.4 is 15.9 Å². The first-order valence-electron chi connectivity index (χ1n) is 7.14. The van der Waals surface area contributed by atoms with Crippen molar-refractivity contribution in [1.29, 1.82) is 0 Å². The molecule has 0 atom stereocenters. The molecule has 1 nitrogen and oxygen atoms in total. The Morgan fingerprint density at radius 1 is 0.773 bits per heavy atom. The normalized spacial score (nSPS) is 11.4. The molecule has 0 fully saturated rings. The molecule has 0 saturated carbocycles. The van der Waals surface area contributed by atoms with E-state index in [1.165, 1.54) is 0 Å². The van der Waals surface area contributed by atoms with Crippen LogP contribution in [0.25, 0.3) is 0 Å². The van der Waals surface area contributed by atoms with Crippen molar-refractivity contribution in [3.05, 3.63) is 84.4 Å². The van der Waals surface area contributed by atoms with E-state index < -0.39 is 7.14 Å². The molecule has 0 bridgehead atoms. The number of aryl methyl sites for hydroxylation is 1. The van der Waals surface area contributed by atoms with E-state index in [4.69, 9.17) is 0 Å². The second kappa shape index (κ2) is 6.16. The SMILES string of the molecule is Cc1ccc(P(=O)(c2ccccc2)c2ccccc2)c(S)c1. The largest absolute Gasteiger partial charge is 0.309 e. The van der Waals surface area contributed by atoms with Crippen LogP contribution in [0.15, 0.2) is 83.8 Å². The molecule has 0 aliphatic heterocycles. The third kappa shape index (κ3) is 2.65. The molecule has 0 unspecified atom stereocenters. The lowest BCUT2D eigenvalue weighted by Gasteiger charge is -2.21. The Hall–Kier alpha value is -1.76. The molecule has 0 spiro atoms. The topological polar surface area (TPSA) is 17.1 Å². The minimum Gasteiger partial charge on any atom is -0.309 e. The van der Waals surface area contributed by atoms with Crippen LogP contribution in [0.5, 0.6) is 0 Å². The van der Waals surface area contributed by atoms with Crippen molar-refractivity contribution in [2.75, 3.05) is 0 Å². The van der Waals surface area contributed by atoms with Crippen LogP contribution in [-0.2, 0) is 4.57 Å². The maximum absolute atomic E-state index is 14.1. The van der Waals surface area contributed by atoms with E-state index in [1.54, 1.807) is 0 Å². The number of thiol groups is 1. The van der Waals surface area contributed by atoms with Gasteiger partial charge in [-0.2, -0.15) is 0 Å². The molecule has 3 aromatic rings. The summed E-state index contributed by atoms with van der Waals surface area (Å²) >= 11 is 4.59. The predicted molar refractivity (Wildman–Crippen MR) is 97.8 cm³/mol. The summed E-state index contributed by atoms with van der Waals surface area (Å²) in [5, 5.41) is 2.46. The van der Waals surface area contributed by atoms with Crippen molar-refractivity contribution >= 4 is 35.7 Å². The second-order valence-electron chi connectivity index (χ2n) is 5.27. The van der Waals surface area contributed by atoms with E-state index in [1.807, 2.05) is 85.8 Å². The summed E-state index contributed by atoms with van der Waals surface area (Å²) in [5.41, 5.74) is 1.11. The summed E-state index contributed by atoms with van der Waals surface area (Å²) < 4.78 is 14.1. The zero-order chi connectivity index (χ0) is 15.6. The van der Waals surface area contributed by atoms with Crippen LogP contribution in [0, 0.1) is 6.92 Å². The lowest BCUT2D eigenvalue weighted by Crippen LogP contribution is -2.25. The van der Waals surface area contributed by atoms with Crippen molar-refractivity contribution < 1.29 is 4.57 Å². The first kappa shape index (κ1) is 15.1. The summed E-state index contributed by atoms with van der Waals surface area (Å²) in [5.74, 6) is 0. The highest BCUT2D eigenvalue weighted by atomic mass is 32.1. The zero-order valence-electron chi connectivity index (χ0n) is 12.3. The zero-order valence-corrected chi connectivity index (χ0v) is 14.1. The molecule has 0 radical (unpaired) electrons. The highest BCUT2D eigenvalue weighted by Gasteiger charge is 2.31. The molecule has 3 aromatic carbocycles. The van der Waals surface area contributed by atoms with Crippen LogP contribution in [0.4, 0.5) is 0 Å². The van der Waals surface area contributed by atoms with Gasteiger partial charge in [-0.1, -0.05) is 66.7 Å². The summed E-state index contributed by atoms with van der Waals surface area (Å²) in [4.78, 5) is 0.774. The maximum atomic E-state index is 14.1. The molecular weight excluding hydrogens is 307 g/mol. The average molecular weight is 324 g/mol. The van der Waals surface area contributed by atoms with E-state index in [-0.39, 0.29) is 0 Å². The number of benzene rings is 3. The van der Waals surface area contributed by atoms with Gasteiger partial charge >= 0.3 is 0 Å². The Kier molecular flexibility index (Phi) is 4.24. The fourth-order valence-corrected chi connectivity index (χ4v) is 6.01. The monoisotopic (exact) mass is 324 g/mol. The third-order valence-electron chi connectivity index (χ3n) is 3.71. The van der Waals surface area contributed by atoms with Crippen LogP contribution >= 0.6 is 19.8 Å². The van der Waals surface area contributed by atoms with E-state index >= 15 is 0 Å². The van der Waals surface area contributed by atoms with Crippen molar-refractivity contribution in [3.63, 3.8) is 0 Å². The predicted octanol–water partition coefficient (Wildman–Crippen LogP) is 3.92. The van der Waals surface area contributed by atoms with Crippen molar-refractivity contribution in [3.8, 4) is 0 Å². The van der Waals surface area contributed by atoms with Gasteiger partial charge in [0.15, 0.2) is 7.14 Å². The molecule has 22 heavy (non-hydrogen) atoms. The van der Waals surface area contributed by atoms with Crippen LogP contribution in [0.3, 0.4) is 0 Å². The van der Waals surface area contributed by atoms with Gasteiger partial charge in [-0.05, 0) is 24.6 Å². The Labute approximate surface area is 136 Å². The van der Waals surface area contributed by atoms with E-state index in [0.29, 0.717) is 0 Å². The van der Waals surface area contributed by atoms with Crippen LogP contribution in [-0.4, -0.2) is 0 Å². The van der Waals surface area contributed by atoms with E-state index in [9.17, 15) is 4.57 Å². The van der Waals surface area contributed by atoms with Crippen molar-refractivity contribution in [1.82, 2.24) is 0 Å². The van der Waals surface area contributed by atoms with Gasteiger partial charge in [-0.25, -0.2) is 0 Å². The fourth-order valence-electron chi connectivity index (χ4n) is 2.60. The van der Waals surface area contributed by atoms with Gasteiger partial charge in [0.2, 0.25) is 0 Å². The number of hydrogen-bond acceptors (Lipinski definition) is 2. The standard InChI is InChI=1S/C19H17OPS/c1-15-12-13-18(19(22)14-15)21(20,16-8-4-2-5-9-16)17-10-6-3-7-11-17/h2-14,22H,1H3. The highest BCUT2D eigenvalue weighted by molar-refractivity contribution is 7.87. The lowest BCUT2D eigenvalue weighted by molar-refractivity contribution is 0.592. The van der Waals surface area contributed by atoms with Gasteiger partial charge < -0.3 is 4.57 Å².